The summed E-state index contributed by atoms with van der Waals surface area (Å²) in [6.45, 7) is 3.66. The normalized spacial score (nSPS) is 10.9. The number of halogens is 1. The first-order valence-electron chi connectivity index (χ1n) is 5.93. The SMILES string of the molecule is Cc1[nH]c2c(C)cc(Cl)cc2c(=O)c1CCC(=O)O. The summed E-state index contributed by atoms with van der Waals surface area (Å²) >= 11 is 5.97. The fourth-order valence-electron chi connectivity index (χ4n) is 2.22. The highest BCUT2D eigenvalue weighted by Gasteiger charge is 2.12. The van der Waals surface area contributed by atoms with Crippen molar-refractivity contribution in [2.24, 2.45) is 0 Å². The molecule has 0 aliphatic carbocycles. The third kappa shape index (κ3) is 2.63. The number of pyridine rings is 1. The van der Waals surface area contributed by atoms with Gasteiger partial charge in [-0.15, -0.1) is 0 Å². The topological polar surface area (TPSA) is 70.2 Å². The lowest BCUT2D eigenvalue weighted by atomic mass is 10.0. The molecule has 1 aromatic carbocycles. The minimum absolute atomic E-state index is 0.0605. The van der Waals surface area contributed by atoms with Gasteiger partial charge < -0.3 is 10.1 Å². The molecule has 1 heterocycles. The van der Waals surface area contributed by atoms with Crippen molar-refractivity contribution in [1.29, 1.82) is 0 Å². The number of nitrogens with one attached hydrogen (secondary N) is 1. The zero-order valence-corrected chi connectivity index (χ0v) is 11.5. The maximum absolute atomic E-state index is 12.4. The summed E-state index contributed by atoms with van der Waals surface area (Å²) < 4.78 is 0. The van der Waals surface area contributed by atoms with Crippen LogP contribution < -0.4 is 5.43 Å². The Morgan fingerprint density at radius 2 is 2.05 bits per heavy atom. The summed E-state index contributed by atoms with van der Waals surface area (Å²) in [4.78, 5) is 26.2. The molecular weight excluding hydrogens is 266 g/mol. The molecule has 2 N–H and O–H groups in total. The second kappa shape index (κ2) is 5.05. The lowest BCUT2D eigenvalue weighted by Crippen LogP contribution is -2.15. The Kier molecular flexibility index (Phi) is 3.62. The molecule has 0 aliphatic heterocycles. The standard InChI is InChI=1S/C14H14ClNO3/c1-7-5-9(15)6-11-13(7)16-8(2)10(14(11)19)3-4-12(17)18/h5-6H,3-4H2,1-2H3,(H,16,19)(H,17,18). The van der Waals surface area contributed by atoms with E-state index in [0.717, 1.165) is 11.1 Å². The smallest absolute Gasteiger partial charge is 0.303 e. The van der Waals surface area contributed by atoms with Gasteiger partial charge in [0.2, 0.25) is 0 Å². The molecule has 2 rings (SSSR count). The Morgan fingerprint density at radius 1 is 1.37 bits per heavy atom. The summed E-state index contributed by atoms with van der Waals surface area (Å²) in [7, 11) is 0. The van der Waals surface area contributed by atoms with Crippen molar-refractivity contribution in [1.82, 2.24) is 4.98 Å². The molecule has 5 heteroatoms. The third-order valence-electron chi connectivity index (χ3n) is 3.17. The molecule has 0 bridgehead atoms. The number of carboxylic acid groups (broad SMARTS) is 1. The quantitative estimate of drug-likeness (QED) is 0.907. The molecule has 1 aromatic heterocycles. The zero-order valence-electron chi connectivity index (χ0n) is 10.7. The second-order valence-corrected chi connectivity index (χ2v) is 5.03. The number of rotatable bonds is 3. The number of aliphatic carboxylic acids is 1. The van der Waals surface area contributed by atoms with E-state index in [9.17, 15) is 9.59 Å². The summed E-state index contributed by atoms with van der Waals surface area (Å²) in [5.74, 6) is -0.916. The minimum atomic E-state index is -0.916. The third-order valence-corrected chi connectivity index (χ3v) is 3.39. The van der Waals surface area contributed by atoms with Crippen LogP contribution in [0.2, 0.25) is 5.02 Å². The van der Waals surface area contributed by atoms with E-state index in [0.29, 0.717) is 21.7 Å². The largest absolute Gasteiger partial charge is 0.481 e. The number of hydrogen-bond acceptors (Lipinski definition) is 2. The molecule has 2 aromatic rings. The molecule has 0 saturated carbocycles. The van der Waals surface area contributed by atoms with Crippen molar-refractivity contribution in [3.8, 4) is 0 Å². The van der Waals surface area contributed by atoms with E-state index in [2.05, 4.69) is 4.98 Å². The Balaban J connectivity index is 2.67. The fourth-order valence-corrected chi connectivity index (χ4v) is 2.49. The van der Waals surface area contributed by atoms with Crippen LogP contribution in [0.4, 0.5) is 0 Å². The van der Waals surface area contributed by atoms with Gasteiger partial charge in [-0.05, 0) is 38.0 Å². The van der Waals surface area contributed by atoms with E-state index in [1.54, 1.807) is 19.1 Å². The summed E-state index contributed by atoms with van der Waals surface area (Å²) in [5, 5.41) is 9.74. The summed E-state index contributed by atoms with van der Waals surface area (Å²) in [5.41, 5.74) is 2.73. The van der Waals surface area contributed by atoms with Crippen LogP contribution in [0.25, 0.3) is 10.9 Å². The van der Waals surface area contributed by atoms with Crippen molar-refractivity contribution in [2.45, 2.75) is 26.7 Å². The highest BCUT2D eigenvalue weighted by molar-refractivity contribution is 6.31. The van der Waals surface area contributed by atoms with Crippen LogP contribution in [0, 0.1) is 13.8 Å². The van der Waals surface area contributed by atoms with Gasteiger partial charge in [0.05, 0.1) is 5.52 Å². The van der Waals surface area contributed by atoms with E-state index in [1.807, 2.05) is 6.92 Å². The second-order valence-electron chi connectivity index (χ2n) is 4.60. The van der Waals surface area contributed by atoms with Gasteiger partial charge in [-0.1, -0.05) is 11.6 Å². The fraction of sp³-hybridized carbons (Fsp3) is 0.286. The molecule has 0 aliphatic rings. The molecule has 0 fully saturated rings. The first kappa shape index (κ1) is 13.6. The Morgan fingerprint density at radius 3 is 2.68 bits per heavy atom. The van der Waals surface area contributed by atoms with Crippen molar-refractivity contribution in [2.75, 3.05) is 0 Å². The maximum Gasteiger partial charge on any atom is 0.303 e. The number of aromatic amines is 1. The van der Waals surface area contributed by atoms with Crippen molar-refractivity contribution < 1.29 is 9.90 Å². The number of aryl methyl sites for hydroxylation is 2. The van der Waals surface area contributed by atoms with E-state index in [-0.39, 0.29) is 18.3 Å². The van der Waals surface area contributed by atoms with Gasteiger partial charge in [0.25, 0.3) is 0 Å². The number of aromatic nitrogens is 1. The van der Waals surface area contributed by atoms with E-state index in [1.165, 1.54) is 0 Å². The van der Waals surface area contributed by atoms with E-state index >= 15 is 0 Å². The molecule has 4 nitrogen and oxygen atoms in total. The Hall–Kier alpha value is -1.81. The first-order valence-corrected chi connectivity index (χ1v) is 6.31. The van der Waals surface area contributed by atoms with Crippen molar-refractivity contribution in [3.05, 3.63) is 44.2 Å². The monoisotopic (exact) mass is 279 g/mol. The molecule has 0 saturated heterocycles. The summed E-state index contributed by atoms with van der Waals surface area (Å²) in [6.07, 6.45) is 0.160. The van der Waals surface area contributed by atoms with Crippen LogP contribution in [0.1, 0.15) is 23.2 Å². The van der Waals surface area contributed by atoms with Crippen LogP contribution in [0.5, 0.6) is 0 Å². The number of benzene rings is 1. The molecule has 19 heavy (non-hydrogen) atoms. The average molecular weight is 280 g/mol. The van der Waals surface area contributed by atoms with Crippen molar-refractivity contribution in [3.63, 3.8) is 0 Å². The van der Waals surface area contributed by atoms with Gasteiger partial charge in [0.1, 0.15) is 0 Å². The molecule has 0 atom stereocenters. The van der Waals surface area contributed by atoms with Gasteiger partial charge >= 0.3 is 5.97 Å². The highest BCUT2D eigenvalue weighted by Crippen LogP contribution is 2.21. The van der Waals surface area contributed by atoms with E-state index < -0.39 is 5.97 Å². The molecule has 100 valence electrons. The molecule has 0 amide bonds. The number of carboxylic acids is 1. The Bertz CT molecular complexity index is 719. The number of hydrogen-bond donors (Lipinski definition) is 2. The van der Waals surface area contributed by atoms with Gasteiger partial charge in [0.15, 0.2) is 5.43 Å². The lowest BCUT2D eigenvalue weighted by molar-refractivity contribution is -0.136. The zero-order chi connectivity index (χ0) is 14.2. The van der Waals surface area contributed by atoms with Crippen LogP contribution in [0.15, 0.2) is 16.9 Å². The number of fused-ring (bicyclic) bond motifs is 1. The lowest BCUT2D eigenvalue weighted by Gasteiger charge is -2.09. The van der Waals surface area contributed by atoms with Crippen LogP contribution in [0.3, 0.4) is 0 Å². The first-order chi connectivity index (χ1) is 8.90. The average Bonchev–Trinajstić information content (AvgIpc) is 2.30. The minimum Gasteiger partial charge on any atom is -0.481 e. The van der Waals surface area contributed by atoms with Crippen LogP contribution in [-0.4, -0.2) is 16.1 Å². The number of carbonyl (C=O) groups is 1. The molecular formula is C14H14ClNO3. The van der Waals surface area contributed by atoms with Gasteiger partial charge in [-0.2, -0.15) is 0 Å². The molecule has 0 spiro atoms. The van der Waals surface area contributed by atoms with Gasteiger partial charge in [-0.3, -0.25) is 9.59 Å². The predicted octanol–water partition coefficient (Wildman–Crippen LogP) is 2.82. The van der Waals surface area contributed by atoms with Gasteiger partial charge in [0, 0.05) is 28.1 Å². The Labute approximate surface area is 115 Å². The maximum atomic E-state index is 12.4. The van der Waals surface area contributed by atoms with Crippen molar-refractivity contribution >= 4 is 28.5 Å². The van der Waals surface area contributed by atoms with Gasteiger partial charge in [-0.25, -0.2) is 0 Å². The predicted molar refractivity (Wildman–Crippen MR) is 75.0 cm³/mol. The van der Waals surface area contributed by atoms with Crippen LogP contribution >= 0.6 is 11.6 Å². The highest BCUT2D eigenvalue weighted by atomic mass is 35.5. The molecule has 0 radical (unpaired) electrons. The van der Waals surface area contributed by atoms with E-state index in [4.69, 9.17) is 16.7 Å². The summed E-state index contributed by atoms with van der Waals surface area (Å²) in [6, 6.07) is 3.41. The molecule has 0 unspecified atom stereocenters. The van der Waals surface area contributed by atoms with Crippen LogP contribution in [-0.2, 0) is 11.2 Å². The number of H-pyrrole nitrogens is 1.